The monoisotopic (exact) mass is 437 g/mol. The summed E-state index contributed by atoms with van der Waals surface area (Å²) >= 11 is 0. The van der Waals surface area contributed by atoms with Gasteiger partial charge in [0.25, 0.3) is 11.7 Å². The predicted molar refractivity (Wildman–Crippen MR) is 130 cm³/mol. The highest BCUT2D eigenvalue weighted by atomic mass is 16.3. The Morgan fingerprint density at radius 2 is 1.52 bits per heavy atom. The SMILES string of the molecule is Cc1ccccc1C1/C(=C(\O)c2ccc3c(c2)CCCC3)C(=O)C(=O)N1c1ccccc1C. The molecule has 33 heavy (non-hydrogen) atoms. The van der Waals surface area contributed by atoms with Crippen molar-refractivity contribution in [3.63, 3.8) is 0 Å². The first-order valence-corrected chi connectivity index (χ1v) is 11.5. The smallest absolute Gasteiger partial charge is 0.300 e. The molecule has 1 N–H and O–H groups in total. The third kappa shape index (κ3) is 3.56. The molecule has 1 amide bonds. The summed E-state index contributed by atoms with van der Waals surface area (Å²) in [5, 5.41) is 11.4. The zero-order chi connectivity index (χ0) is 23.1. The lowest BCUT2D eigenvalue weighted by Crippen LogP contribution is -2.30. The van der Waals surface area contributed by atoms with Crippen molar-refractivity contribution in [1.82, 2.24) is 0 Å². The Bertz CT molecular complexity index is 1300. The van der Waals surface area contributed by atoms with Gasteiger partial charge in [-0.3, -0.25) is 14.5 Å². The van der Waals surface area contributed by atoms with Crippen LogP contribution in [0.2, 0.25) is 0 Å². The second-order valence-electron chi connectivity index (χ2n) is 9.00. The number of hydrogen-bond donors (Lipinski definition) is 1. The van der Waals surface area contributed by atoms with Gasteiger partial charge < -0.3 is 5.11 Å². The summed E-state index contributed by atoms with van der Waals surface area (Å²) in [4.78, 5) is 28.3. The molecule has 1 saturated heterocycles. The largest absolute Gasteiger partial charge is 0.507 e. The van der Waals surface area contributed by atoms with Gasteiger partial charge in [0.1, 0.15) is 5.76 Å². The highest BCUT2D eigenvalue weighted by Crippen LogP contribution is 2.44. The molecule has 4 nitrogen and oxygen atoms in total. The Balaban J connectivity index is 1.73. The van der Waals surface area contributed by atoms with E-state index in [0.717, 1.165) is 36.0 Å². The molecule has 1 aliphatic heterocycles. The number of ketones is 1. The van der Waals surface area contributed by atoms with Gasteiger partial charge in [0.2, 0.25) is 0 Å². The van der Waals surface area contributed by atoms with Crippen LogP contribution in [0, 0.1) is 13.8 Å². The normalized spacial score (nSPS) is 19.6. The predicted octanol–water partition coefficient (Wildman–Crippen LogP) is 5.81. The molecule has 1 heterocycles. The molecule has 1 atom stereocenters. The van der Waals surface area contributed by atoms with Crippen molar-refractivity contribution in [3.05, 3.63) is 106 Å². The number of Topliss-reactive ketones (excluding diaryl/α,β-unsaturated/α-hetero) is 1. The number of carbonyl (C=O) groups is 2. The summed E-state index contributed by atoms with van der Waals surface area (Å²) in [6.07, 6.45) is 4.30. The van der Waals surface area contributed by atoms with Crippen LogP contribution < -0.4 is 4.90 Å². The summed E-state index contributed by atoms with van der Waals surface area (Å²) in [5.74, 6) is -1.37. The molecule has 0 aromatic heterocycles. The maximum Gasteiger partial charge on any atom is 0.300 e. The zero-order valence-corrected chi connectivity index (χ0v) is 19.0. The topological polar surface area (TPSA) is 57.6 Å². The van der Waals surface area contributed by atoms with Crippen molar-refractivity contribution in [1.29, 1.82) is 0 Å². The molecule has 166 valence electrons. The van der Waals surface area contributed by atoms with Gasteiger partial charge in [-0.15, -0.1) is 0 Å². The Hall–Kier alpha value is -3.66. The summed E-state index contributed by atoms with van der Waals surface area (Å²) in [6, 6.07) is 20.5. The molecule has 5 rings (SSSR count). The van der Waals surface area contributed by atoms with Gasteiger partial charge in [0.15, 0.2) is 0 Å². The lowest BCUT2D eigenvalue weighted by molar-refractivity contribution is -0.132. The minimum Gasteiger partial charge on any atom is -0.507 e. The highest BCUT2D eigenvalue weighted by molar-refractivity contribution is 6.51. The molecule has 0 radical (unpaired) electrons. The van der Waals surface area contributed by atoms with E-state index in [-0.39, 0.29) is 11.3 Å². The van der Waals surface area contributed by atoms with Crippen LogP contribution in [0.15, 0.2) is 72.3 Å². The van der Waals surface area contributed by atoms with Crippen molar-refractivity contribution >= 4 is 23.1 Å². The number of nitrogens with zero attached hydrogens (tertiary/aromatic N) is 1. The lowest BCUT2D eigenvalue weighted by Gasteiger charge is -2.28. The molecule has 0 spiro atoms. The number of carbonyl (C=O) groups excluding carboxylic acids is 2. The van der Waals surface area contributed by atoms with E-state index in [1.807, 2.05) is 80.6 Å². The van der Waals surface area contributed by atoms with Gasteiger partial charge >= 0.3 is 0 Å². The van der Waals surface area contributed by atoms with Crippen LogP contribution in [-0.2, 0) is 22.4 Å². The Morgan fingerprint density at radius 1 is 0.848 bits per heavy atom. The molecule has 4 heteroatoms. The highest BCUT2D eigenvalue weighted by Gasteiger charge is 2.47. The van der Waals surface area contributed by atoms with Crippen LogP contribution in [-0.4, -0.2) is 16.8 Å². The average molecular weight is 438 g/mol. The molecular weight excluding hydrogens is 410 g/mol. The van der Waals surface area contributed by atoms with Crippen molar-refractivity contribution in [2.75, 3.05) is 4.90 Å². The lowest BCUT2D eigenvalue weighted by atomic mass is 9.88. The van der Waals surface area contributed by atoms with E-state index in [2.05, 4.69) is 0 Å². The molecule has 0 saturated carbocycles. The molecule has 2 aliphatic rings. The van der Waals surface area contributed by atoms with E-state index < -0.39 is 17.7 Å². The number of rotatable bonds is 3. The minimum absolute atomic E-state index is 0.105. The first-order valence-electron chi connectivity index (χ1n) is 11.5. The molecular formula is C29H27NO3. The van der Waals surface area contributed by atoms with E-state index >= 15 is 0 Å². The first-order chi connectivity index (χ1) is 16.0. The number of aryl methyl sites for hydroxylation is 4. The quantitative estimate of drug-likeness (QED) is 0.320. The number of para-hydroxylation sites is 1. The Kier molecular flexibility index (Phi) is 5.37. The number of aliphatic hydroxyl groups is 1. The van der Waals surface area contributed by atoms with Gasteiger partial charge in [-0.05, 0) is 79.5 Å². The number of anilines is 1. The summed E-state index contributed by atoms with van der Waals surface area (Å²) in [7, 11) is 0. The fraction of sp³-hybridized carbons (Fsp3) is 0.241. The summed E-state index contributed by atoms with van der Waals surface area (Å²) < 4.78 is 0. The Morgan fingerprint density at radius 3 is 2.24 bits per heavy atom. The molecule has 3 aromatic rings. The number of aliphatic hydroxyl groups excluding tert-OH is 1. The number of hydrogen-bond acceptors (Lipinski definition) is 3. The second kappa shape index (κ2) is 8.36. The standard InChI is InChI=1S/C29H27NO3/c1-18-9-3-7-13-23(18)26-25(27(31)22-16-15-20-11-5-6-12-21(20)17-22)28(32)29(33)30(26)24-14-8-4-10-19(24)2/h3-4,7-10,13-17,26,31H,5-6,11-12H2,1-2H3/b27-25+. The first kappa shape index (κ1) is 21.2. The molecule has 1 fully saturated rings. The average Bonchev–Trinajstić information content (AvgIpc) is 3.09. The van der Waals surface area contributed by atoms with E-state index in [1.54, 1.807) is 4.90 Å². The van der Waals surface area contributed by atoms with Crippen molar-refractivity contribution < 1.29 is 14.7 Å². The maximum atomic E-state index is 13.4. The van der Waals surface area contributed by atoms with Gasteiger partial charge in [0, 0.05) is 11.3 Å². The fourth-order valence-corrected chi connectivity index (χ4v) is 5.14. The van der Waals surface area contributed by atoms with Crippen molar-refractivity contribution in [3.8, 4) is 0 Å². The van der Waals surface area contributed by atoms with Crippen molar-refractivity contribution in [2.24, 2.45) is 0 Å². The van der Waals surface area contributed by atoms with Crippen LogP contribution in [0.5, 0.6) is 0 Å². The zero-order valence-electron chi connectivity index (χ0n) is 19.0. The minimum atomic E-state index is -0.691. The van der Waals surface area contributed by atoms with Gasteiger partial charge in [-0.2, -0.15) is 0 Å². The fourth-order valence-electron chi connectivity index (χ4n) is 5.14. The summed E-state index contributed by atoms with van der Waals surface area (Å²) in [5.41, 5.74) is 6.62. The molecule has 0 bridgehead atoms. The molecule has 1 aliphatic carbocycles. The molecule has 3 aromatic carbocycles. The van der Waals surface area contributed by atoms with Crippen molar-refractivity contribution in [2.45, 2.75) is 45.6 Å². The van der Waals surface area contributed by atoms with Gasteiger partial charge in [-0.25, -0.2) is 0 Å². The third-order valence-electron chi connectivity index (χ3n) is 6.92. The van der Waals surface area contributed by atoms with E-state index in [1.165, 1.54) is 17.5 Å². The van der Waals surface area contributed by atoms with Crippen LogP contribution in [0.1, 0.15) is 52.3 Å². The van der Waals surface area contributed by atoms with Crippen LogP contribution >= 0.6 is 0 Å². The number of benzene rings is 3. The molecule has 1 unspecified atom stereocenters. The van der Waals surface area contributed by atoms with Gasteiger partial charge in [-0.1, -0.05) is 54.6 Å². The Labute approximate surface area is 194 Å². The van der Waals surface area contributed by atoms with Crippen LogP contribution in [0.4, 0.5) is 5.69 Å². The second-order valence-corrected chi connectivity index (χ2v) is 9.00. The summed E-state index contributed by atoms with van der Waals surface area (Å²) in [6.45, 7) is 3.89. The van der Waals surface area contributed by atoms with Gasteiger partial charge in [0.05, 0.1) is 11.6 Å². The number of fused-ring (bicyclic) bond motifs is 1. The number of amides is 1. The third-order valence-corrected chi connectivity index (χ3v) is 6.92. The van der Waals surface area contributed by atoms with E-state index in [9.17, 15) is 14.7 Å². The van der Waals surface area contributed by atoms with E-state index in [4.69, 9.17) is 0 Å². The van der Waals surface area contributed by atoms with E-state index in [0.29, 0.717) is 11.3 Å². The van der Waals surface area contributed by atoms with Crippen LogP contribution in [0.25, 0.3) is 5.76 Å². The van der Waals surface area contributed by atoms with Crippen LogP contribution in [0.3, 0.4) is 0 Å². The maximum absolute atomic E-state index is 13.4.